The third kappa shape index (κ3) is 3.67. The van der Waals surface area contributed by atoms with Crippen LogP contribution in [0.4, 0.5) is 11.5 Å². The highest BCUT2D eigenvalue weighted by Gasteiger charge is 2.24. The maximum atomic E-state index is 11.1. The Kier molecular flexibility index (Phi) is 4.93. The molecule has 0 unspecified atom stereocenters. The molecule has 1 fully saturated rings. The van der Waals surface area contributed by atoms with E-state index in [0.717, 1.165) is 25.9 Å². The Morgan fingerprint density at radius 2 is 2.15 bits per heavy atom. The van der Waals surface area contributed by atoms with Crippen LogP contribution in [0.3, 0.4) is 0 Å². The number of nitrogens with one attached hydrogen (secondary N) is 1. The van der Waals surface area contributed by atoms with E-state index in [0.29, 0.717) is 16.3 Å². The SMILES string of the molecule is CC(C)N1CCC(Nc2ncc(Br)cc2[N+](=O)[O-])CC1. The van der Waals surface area contributed by atoms with Crippen molar-refractivity contribution in [3.05, 3.63) is 26.9 Å². The van der Waals surface area contributed by atoms with Gasteiger partial charge in [-0.1, -0.05) is 0 Å². The van der Waals surface area contributed by atoms with Crippen LogP contribution in [0.15, 0.2) is 16.7 Å². The number of rotatable bonds is 4. The first kappa shape index (κ1) is 15.2. The molecular weight excluding hydrogens is 324 g/mol. The van der Waals surface area contributed by atoms with E-state index >= 15 is 0 Å². The first-order valence-electron chi connectivity index (χ1n) is 6.78. The summed E-state index contributed by atoms with van der Waals surface area (Å²) in [5.41, 5.74) is 0.0191. The molecule has 0 aliphatic carbocycles. The topological polar surface area (TPSA) is 71.3 Å². The molecule has 0 atom stereocenters. The van der Waals surface area contributed by atoms with Crippen LogP contribution in [0.2, 0.25) is 0 Å². The Hall–Kier alpha value is -1.21. The van der Waals surface area contributed by atoms with Gasteiger partial charge in [0.05, 0.1) is 4.92 Å². The Morgan fingerprint density at radius 3 is 2.70 bits per heavy atom. The van der Waals surface area contributed by atoms with Gasteiger partial charge in [0.2, 0.25) is 5.82 Å². The van der Waals surface area contributed by atoms with E-state index in [-0.39, 0.29) is 11.7 Å². The molecule has 0 amide bonds. The molecule has 2 heterocycles. The van der Waals surface area contributed by atoms with E-state index < -0.39 is 4.92 Å². The highest BCUT2D eigenvalue weighted by atomic mass is 79.9. The molecule has 1 N–H and O–H groups in total. The number of anilines is 1. The van der Waals surface area contributed by atoms with Gasteiger partial charge in [-0.15, -0.1) is 0 Å². The molecule has 0 saturated carbocycles. The zero-order valence-corrected chi connectivity index (χ0v) is 13.3. The van der Waals surface area contributed by atoms with Crippen LogP contribution in [0.25, 0.3) is 0 Å². The van der Waals surface area contributed by atoms with Gasteiger partial charge in [-0.3, -0.25) is 10.1 Å². The molecule has 1 aromatic heterocycles. The summed E-state index contributed by atoms with van der Waals surface area (Å²) in [7, 11) is 0. The second-order valence-electron chi connectivity index (χ2n) is 5.33. The number of likely N-dealkylation sites (tertiary alicyclic amines) is 1. The Bertz CT molecular complexity index is 487. The lowest BCUT2D eigenvalue weighted by Gasteiger charge is -2.34. The van der Waals surface area contributed by atoms with Gasteiger partial charge < -0.3 is 10.2 Å². The van der Waals surface area contributed by atoms with Gasteiger partial charge in [0.1, 0.15) is 0 Å². The molecule has 2 rings (SSSR count). The second kappa shape index (κ2) is 6.49. The third-order valence-corrected chi connectivity index (χ3v) is 4.07. The lowest BCUT2D eigenvalue weighted by atomic mass is 10.0. The summed E-state index contributed by atoms with van der Waals surface area (Å²) in [6.45, 7) is 6.41. The van der Waals surface area contributed by atoms with Crippen LogP contribution in [0.5, 0.6) is 0 Å². The van der Waals surface area contributed by atoms with E-state index in [1.165, 1.54) is 6.07 Å². The van der Waals surface area contributed by atoms with Crippen molar-refractivity contribution < 1.29 is 4.92 Å². The van der Waals surface area contributed by atoms with Crippen LogP contribution < -0.4 is 5.32 Å². The van der Waals surface area contributed by atoms with Crippen LogP contribution >= 0.6 is 15.9 Å². The number of hydrogen-bond acceptors (Lipinski definition) is 5. The smallest absolute Gasteiger partial charge is 0.312 e. The lowest BCUT2D eigenvalue weighted by molar-refractivity contribution is -0.384. The Morgan fingerprint density at radius 1 is 1.50 bits per heavy atom. The molecule has 7 heteroatoms. The van der Waals surface area contributed by atoms with Gasteiger partial charge in [0, 0.05) is 41.9 Å². The molecule has 1 saturated heterocycles. The number of hydrogen-bond donors (Lipinski definition) is 1. The zero-order chi connectivity index (χ0) is 14.7. The number of pyridine rings is 1. The van der Waals surface area contributed by atoms with Crippen molar-refractivity contribution in [2.75, 3.05) is 18.4 Å². The Labute approximate surface area is 126 Å². The van der Waals surface area contributed by atoms with Gasteiger partial charge in [-0.05, 0) is 42.6 Å². The predicted octanol–water partition coefficient (Wildman–Crippen LogP) is 3.04. The van der Waals surface area contributed by atoms with Gasteiger partial charge in [-0.25, -0.2) is 4.98 Å². The normalized spacial score (nSPS) is 17.4. The van der Waals surface area contributed by atoms with E-state index in [4.69, 9.17) is 0 Å². The maximum Gasteiger partial charge on any atom is 0.312 e. The summed E-state index contributed by atoms with van der Waals surface area (Å²) in [5, 5.41) is 14.3. The average molecular weight is 343 g/mol. The van der Waals surface area contributed by atoms with Crippen molar-refractivity contribution in [3.8, 4) is 0 Å². The minimum absolute atomic E-state index is 0.0191. The van der Waals surface area contributed by atoms with Gasteiger partial charge in [0.25, 0.3) is 0 Å². The first-order valence-corrected chi connectivity index (χ1v) is 7.57. The fourth-order valence-corrected chi connectivity index (χ4v) is 2.75. The van der Waals surface area contributed by atoms with Crippen LogP contribution in [-0.4, -0.2) is 40.0 Å². The number of aromatic nitrogens is 1. The van der Waals surface area contributed by atoms with Crippen molar-refractivity contribution in [1.82, 2.24) is 9.88 Å². The molecule has 20 heavy (non-hydrogen) atoms. The van der Waals surface area contributed by atoms with Gasteiger partial charge in [0.15, 0.2) is 0 Å². The van der Waals surface area contributed by atoms with Gasteiger partial charge in [-0.2, -0.15) is 0 Å². The quantitative estimate of drug-likeness (QED) is 0.672. The summed E-state index contributed by atoms with van der Waals surface area (Å²) in [6.07, 6.45) is 3.54. The molecule has 1 aliphatic heterocycles. The highest BCUT2D eigenvalue weighted by Crippen LogP contribution is 2.27. The predicted molar refractivity (Wildman–Crippen MR) is 81.9 cm³/mol. The van der Waals surface area contributed by atoms with Crippen molar-refractivity contribution in [3.63, 3.8) is 0 Å². The van der Waals surface area contributed by atoms with Crippen molar-refractivity contribution in [2.24, 2.45) is 0 Å². The van der Waals surface area contributed by atoms with Gasteiger partial charge >= 0.3 is 5.69 Å². The maximum absolute atomic E-state index is 11.1. The van der Waals surface area contributed by atoms with Crippen LogP contribution in [-0.2, 0) is 0 Å². The standard InChI is InChI=1S/C13H19BrN4O2/c1-9(2)17-5-3-11(4-6-17)16-13-12(18(19)20)7-10(14)8-15-13/h7-9,11H,3-6H2,1-2H3,(H,15,16). The van der Waals surface area contributed by atoms with Crippen molar-refractivity contribution in [1.29, 1.82) is 0 Å². The first-order chi connectivity index (χ1) is 9.47. The monoisotopic (exact) mass is 342 g/mol. The summed E-state index contributed by atoms with van der Waals surface area (Å²) in [6, 6.07) is 2.28. The number of piperidine rings is 1. The van der Waals surface area contributed by atoms with Crippen molar-refractivity contribution in [2.45, 2.75) is 38.8 Å². The van der Waals surface area contributed by atoms with E-state index in [1.807, 2.05) is 0 Å². The number of nitrogens with zero attached hydrogens (tertiary/aromatic N) is 3. The summed E-state index contributed by atoms with van der Waals surface area (Å²) < 4.78 is 0.615. The Balaban J connectivity index is 2.03. The largest absolute Gasteiger partial charge is 0.362 e. The van der Waals surface area contributed by atoms with Crippen LogP contribution in [0, 0.1) is 10.1 Å². The molecule has 0 aromatic carbocycles. The fraction of sp³-hybridized carbons (Fsp3) is 0.615. The minimum Gasteiger partial charge on any atom is -0.362 e. The van der Waals surface area contributed by atoms with E-state index in [9.17, 15) is 10.1 Å². The molecule has 110 valence electrons. The lowest BCUT2D eigenvalue weighted by Crippen LogP contribution is -2.42. The molecule has 6 nitrogen and oxygen atoms in total. The molecule has 0 spiro atoms. The summed E-state index contributed by atoms with van der Waals surface area (Å²) in [4.78, 5) is 17.2. The number of nitro groups is 1. The minimum atomic E-state index is -0.399. The van der Waals surface area contributed by atoms with E-state index in [2.05, 4.69) is 45.0 Å². The highest BCUT2D eigenvalue weighted by molar-refractivity contribution is 9.10. The summed E-state index contributed by atoms with van der Waals surface area (Å²) >= 11 is 3.21. The number of halogens is 1. The third-order valence-electron chi connectivity index (χ3n) is 3.63. The molecule has 1 aromatic rings. The summed E-state index contributed by atoms with van der Waals surface area (Å²) in [5.74, 6) is 0.362. The molecular formula is C13H19BrN4O2. The van der Waals surface area contributed by atoms with E-state index in [1.54, 1.807) is 6.20 Å². The molecule has 1 aliphatic rings. The fourth-order valence-electron chi connectivity index (χ4n) is 2.43. The second-order valence-corrected chi connectivity index (χ2v) is 6.24. The molecule has 0 radical (unpaired) electrons. The van der Waals surface area contributed by atoms with Crippen LogP contribution in [0.1, 0.15) is 26.7 Å². The van der Waals surface area contributed by atoms with Crippen molar-refractivity contribution >= 4 is 27.4 Å². The average Bonchev–Trinajstić information content (AvgIpc) is 2.41. The molecule has 0 bridgehead atoms. The zero-order valence-electron chi connectivity index (χ0n) is 11.7.